The number of carbonyl (C=O) groups is 3. The van der Waals surface area contributed by atoms with Crippen LogP contribution in [0.25, 0.3) is 0 Å². The Labute approximate surface area is 200 Å². The Kier molecular flexibility index (Phi) is 12.3. The second-order valence-corrected chi connectivity index (χ2v) is 11.0. The summed E-state index contributed by atoms with van der Waals surface area (Å²) in [5.74, 6) is -3.10. The molecule has 0 saturated heterocycles. The van der Waals surface area contributed by atoms with E-state index in [1.165, 1.54) is 25.1 Å². The Morgan fingerprint density at radius 2 is 1.65 bits per heavy atom. The fourth-order valence-corrected chi connectivity index (χ4v) is 4.78. The summed E-state index contributed by atoms with van der Waals surface area (Å²) in [5.41, 5.74) is 1.30. The van der Waals surface area contributed by atoms with E-state index >= 15 is 0 Å². The molecule has 0 aliphatic rings. The minimum absolute atomic E-state index is 0.103. The zero-order chi connectivity index (χ0) is 25.7. The van der Waals surface area contributed by atoms with E-state index < -0.39 is 32.0 Å². The molecule has 11 heteroatoms. The van der Waals surface area contributed by atoms with Crippen LogP contribution in [0.5, 0.6) is 0 Å². The number of para-hydroxylation sites is 1. The number of esters is 1. The predicted octanol–water partition coefficient (Wildman–Crippen LogP) is 2.22. The third-order valence-corrected chi connectivity index (χ3v) is 7.12. The van der Waals surface area contributed by atoms with Gasteiger partial charge in [0.05, 0.1) is 6.61 Å². The number of benzene rings is 2. The smallest absolute Gasteiger partial charge is 0.320 e. The molecule has 0 aliphatic heterocycles. The zero-order valence-corrected chi connectivity index (χ0v) is 21.1. The molecule has 10 nitrogen and oxygen atoms in total. The number of carboxylic acids is 1. The molecule has 0 radical (unpaired) electrons. The van der Waals surface area contributed by atoms with Crippen LogP contribution >= 0.6 is 0 Å². The van der Waals surface area contributed by atoms with Crippen molar-refractivity contribution in [1.82, 2.24) is 0 Å². The van der Waals surface area contributed by atoms with Crippen molar-refractivity contribution in [2.24, 2.45) is 11.8 Å². The molecule has 3 unspecified atom stereocenters. The van der Waals surface area contributed by atoms with Crippen molar-refractivity contribution in [2.45, 2.75) is 33.6 Å². The van der Waals surface area contributed by atoms with Gasteiger partial charge in [-0.15, -0.1) is 0 Å². The number of aliphatic carboxylic acids is 1. The Bertz CT molecular complexity index is 997. The summed E-state index contributed by atoms with van der Waals surface area (Å²) < 4.78 is 28.9. The van der Waals surface area contributed by atoms with Crippen LogP contribution in [0.2, 0.25) is 0 Å². The summed E-state index contributed by atoms with van der Waals surface area (Å²) in [6.45, 7) is 5.09. The minimum Gasteiger partial charge on any atom is -0.481 e. The molecule has 0 fully saturated rings. The van der Waals surface area contributed by atoms with Crippen LogP contribution in [0.3, 0.4) is 0 Å². The Hall–Kier alpha value is -2.91. The van der Waals surface area contributed by atoms with Gasteiger partial charge in [-0.05, 0) is 31.2 Å². The van der Waals surface area contributed by atoms with Gasteiger partial charge in [0.25, 0.3) is 0 Å². The van der Waals surface area contributed by atoms with E-state index in [1.54, 1.807) is 13.0 Å². The molecule has 0 saturated carbocycles. The molecule has 34 heavy (non-hydrogen) atoms. The molecule has 2 rings (SSSR count). The van der Waals surface area contributed by atoms with Crippen molar-refractivity contribution in [1.29, 1.82) is 0 Å². The summed E-state index contributed by atoms with van der Waals surface area (Å²) in [6, 6.07) is 15.7. The van der Waals surface area contributed by atoms with Gasteiger partial charge in [-0.2, -0.15) is 0 Å². The van der Waals surface area contributed by atoms with Crippen LogP contribution in [0.1, 0.15) is 32.8 Å². The van der Waals surface area contributed by atoms with Crippen molar-refractivity contribution in [2.75, 3.05) is 11.9 Å². The average molecular weight is 539 g/mol. The van der Waals surface area contributed by atoms with Crippen LogP contribution in [-0.2, 0) is 33.2 Å². The number of ether oxygens (including phenoxy) is 1. The molecule has 2 aromatic rings. The molecular weight excluding hydrogens is 509 g/mol. The molecule has 3 atom stereocenters. The van der Waals surface area contributed by atoms with Crippen LogP contribution in [0, 0.1) is 11.8 Å². The zero-order valence-electron chi connectivity index (χ0n) is 19.2. The monoisotopic (exact) mass is 539 g/mol. The van der Waals surface area contributed by atoms with E-state index in [0.29, 0.717) is 6.42 Å². The van der Waals surface area contributed by atoms with E-state index in [0.717, 1.165) is 12.0 Å². The minimum atomic E-state index is -4.92. The number of hydrogen-bond donors (Lipinski definition) is 4. The van der Waals surface area contributed by atoms with Crippen molar-refractivity contribution in [3.63, 3.8) is 0 Å². The quantitative estimate of drug-likeness (QED) is 0.117. The van der Waals surface area contributed by atoms with Gasteiger partial charge in [-0.25, -0.2) is 0 Å². The maximum atomic E-state index is 11.6. The first-order valence-electron chi connectivity index (χ1n) is 10.5. The van der Waals surface area contributed by atoms with Crippen LogP contribution in [-0.4, -0.2) is 53.1 Å². The fraction of sp³-hybridized carbons (Fsp3) is 0.348. The van der Waals surface area contributed by atoms with E-state index in [4.69, 9.17) is 15.1 Å². The van der Waals surface area contributed by atoms with Gasteiger partial charge in [0.15, 0.2) is 5.92 Å². The van der Waals surface area contributed by atoms with Crippen molar-refractivity contribution in [3.05, 3.63) is 60.2 Å². The number of anilines is 1. The topological polar surface area (TPSA) is 159 Å². The standard InChI is InChI=1S/C15H20O4.C8H10AsNO5/c1-3-19-15(18)13(14(16)17)10-11(2)9-12-7-5-4-6-8-12;1-6(11)10-8-5-3-2-4-7(8)9(12,13)15-14/h4-8,11,13H,3,9-10H2,1-2H3,(H,16,17);2-5,14H,1H3,(H,10,11)(H,12,13). The molecule has 0 aliphatic carbocycles. The van der Waals surface area contributed by atoms with E-state index in [-0.39, 0.29) is 28.5 Å². The number of amides is 1. The maximum Gasteiger partial charge on any atom is 0.320 e. The molecule has 186 valence electrons. The van der Waals surface area contributed by atoms with Crippen molar-refractivity contribution >= 4 is 42.1 Å². The molecule has 2 aromatic carbocycles. The van der Waals surface area contributed by atoms with Gasteiger partial charge in [0, 0.05) is 0 Å². The van der Waals surface area contributed by atoms with Gasteiger partial charge in [0.1, 0.15) is 0 Å². The second kappa shape index (κ2) is 14.4. The Balaban J connectivity index is 0.000000350. The number of carbonyl (C=O) groups excluding carboxylic acids is 2. The molecule has 4 N–H and O–H groups in total. The number of carboxylic acid groups (broad SMARTS) is 1. The van der Waals surface area contributed by atoms with Crippen LogP contribution in [0.4, 0.5) is 5.69 Å². The largest absolute Gasteiger partial charge is 0.481 e. The molecule has 0 heterocycles. The van der Waals surface area contributed by atoms with Crippen molar-refractivity contribution in [3.8, 4) is 0 Å². The average Bonchev–Trinajstić information content (AvgIpc) is 2.78. The van der Waals surface area contributed by atoms with E-state index in [2.05, 4.69) is 9.19 Å². The van der Waals surface area contributed by atoms with Crippen LogP contribution < -0.4 is 9.67 Å². The fourth-order valence-electron chi connectivity index (χ4n) is 3.10. The first-order valence-corrected chi connectivity index (χ1v) is 13.8. The molecular formula is C23H30AsNO9. The Morgan fingerprint density at radius 3 is 2.18 bits per heavy atom. The third-order valence-electron chi connectivity index (χ3n) is 4.56. The predicted molar refractivity (Wildman–Crippen MR) is 124 cm³/mol. The van der Waals surface area contributed by atoms with Gasteiger partial charge in [0.2, 0.25) is 0 Å². The summed E-state index contributed by atoms with van der Waals surface area (Å²) in [7, 11) is 0. The van der Waals surface area contributed by atoms with Gasteiger partial charge >= 0.3 is 100 Å². The molecule has 0 bridgehead atoms. The van der Waals surface area contributed by atoms with Gasteiger partial charge < -0.3 is 9.84 Å². The number of rotatable bonds is 10. The molecule has 0 spiro atoms. The first kappa shape index (κ1) is 29.1. The summed E-state index contributed by atoms with van der Waals surface area (Å²) in [6.07, 6.45) is 1.05. The first-order chi connectivity index (χ1) is 16.0. The van der Waals surface area contributed by atoms with Gasteiger partial charge in [-0.1, -0.05) is 37.3 Å². The maximum absolute atomic E-state index is 11.6. The summed E-state index contributed by atoms with van der Waals surface area (Å²) in [4.78, 5) is 33.5. The van der Waals surface area contributed by atoms with Gasteiger partial charge in [-0.3, -0.25) is 9.59 Å². The van der Waals surface area contributed by atoms with E-state index in [9.17, 15) is 22.2 Å². The number of hydrogen-bond acceptors (Lipinski definition) is 7. The second-order valence-electron chi connectivity index (χ2n) is 7.47. The third kappa shape index (κ3) is 9.92. The summed E-state index contributed by atoms with van der Waals surface area (Å²) >= 11 is -4.92. The van der Waals surface area contributed by atoms with Crippen molar-refractivity contribution < 1.29 is 41.2 Å². The number of nitrogens with one attached hydrogen (secondary N) is 1. The molecule has 0 aromatic heterocycles. The van der Waals surface area contributed by atoms with Crippen LogP contribution in [0.15, 0.2) is 54.6 Å². The van der Waals surface area contributed by atoms with E-state index in [1.807, 2.05) is 37.3 Å². The Morgan fingerprint density at radius 1 is 1.06 bits per heavy atom. The normalized spacial score (nSPS) is 13.9. The SMILES string of the molecule is CC(=O)Nc1ccccc1[As](=O)(O)OO.CCOC(=O)C(CC(C)Cc1ccccc1)C(=O)O. The molecule has 1 amide bonds. The summed E-state index contributed by atoms with van der Waals surface area (Å²) in [5, 5.41) is 19.8.